The number of anilines is 2. The zero-order valence-electron chi connectivity index (χ0n) is 15.0. The molecule has 0 aliphatic rings. The van der Waals surface area contributed by atoms with Crippen molar-refractivity contribution in [1.29, 1.82) is 0 Å². The average Bonchev–Trinajstić information content (AvgIpc) is 3.19. The Kier molecular flexibility index (Phi) is 5.89. The highest BCUT2D eigenvalue weighted by Gasteiger charge is 2.20. The van der Waals surface area contributed by atoms with E-state index in [1.165, 1.54) is 31.6 Å². The molecule has 0 saturated carbocycles. The van der Waals surface area contributed by atoms with E-state index in [4.69, 9.17) is 11.6 Å². The quantitative estimate of drug-likeness (QED) is 0.512. The van der Waals surface area contributed by atoms with Crippen molar-refractivity contribution < 1.29 is 18.8 Å². The largest absolute Gasteiger partial charge is 0.354 e. The van der Waals surface area contributed by atoms with Gasteiger partial charge in [0.25, 0.3) is 17.7 Å². The predicted molar refractivity (Wildman–Crippen MR) is 106 cm³/mol. The molecule has 0 unspecified atom stereocenters. The number of rotatable bonds is 5. The fourth-order valence-electron chi connectivity index (χ4n) is 2.48. The lowest BCUT2D eigenvalue weighted by Crippen LogP contribution is -2.23. The first-order valence-corrected chi connectivity index (χ1v) is 8.70. The molecule has 0 saturated heterocycles. The zero-order chi connectivity index (χ0) is 21.0. The monoisotopic (exact) mass is 415 g/mol. The van der Waals surface area contributed by atoms with Gasteiger partial charge in [0.1, 0.15) is 11.5 Å². The molecule has 0 aliphatic heterocycles. The minimum atomic E-state index is -0.765. The van der Waals surface area contributed by atoms with E-state index >= 15 is 0 Å². The first-order valence-electron chi connectivity index (χ1n) is 8.33. The summed E-state index contributed by atoms with van der Waals surface area (Å²) >= 11 is 5.96. The smallest absolute Gasteiger partial charge is 0.274 e. The van der Waals surface area contributed by atoms with Gasteiger partial charge in [-0.2, -0.15) is 0 Å². The number of benzene rings is 2. The number of imidazole rings is 1. The summed E-state index contributed by atoms with van der Waals surface area (Å²) in [6.07, 6.45) is 1.20. The van der Waals surface area contributed by atoms with Crippen molar-refractivity contribution in [2.45, 2.75) is 0 Å². The lowest BCUT2D eigenvalue weighted by Gasteiger charge is -2.10. The summed E-state index contributed by atoms with van der Waals surface area (Å²) in [5.74, 6) is -2.55. The molecule has 10 heteroatoms. The van der Waals surface area contributed by atoms with E-state index in [0.717, 1.165) is 6.07 Å². The van der Waals surface area contributed by atoms with Crippen molar-refractivity contribution >= 4 is 40.7 Å². The van der Waals surface area contributed by atoms with Crippen molar-refractivity contribution in [2.24, 2.45) is 0 Å². The first-order chi connectivity index (χ1) is 13.9. The number of nitrogens with one attached hydrogen (secondary N) is 4. The molecular formula is C19H15ClFN5O3. The molecule has 29 heavy (non-hydrogen) atoms. The molecule has 2 aromatic carbocycles. The van der Waals surface area contributed by atoms with Gasteiger partial charge in [0.2, 0.25) is 0 Å². The van der Waals surface area contributed by atoms with Gasteiger partial charge in [-0.3, -0.25) is 14.4 Å². The summed E-state index contributed by atoms with van der Waals surface area (Å²) < 4.78 is 14.4. The molecule has 0 atom stereocenters. The van der Waals surface area contributed by atoms with Crippen LogP contribution in [0.5, 0.6) is 0 Å². The number of hydrogen-bond donors (Lipinski definition) is 4. The highest BCUT2D eigenvalue weighted by atomic mass is 35.5. The van der Waals surface area contributed by atoms with Crippen LogP contribution in [0.1, 0.15) is 31.3 Å². The maximum atomic E-state index is 14.4. The Labute approximate surface area is 169 Å². The van der Waals surface area contributed by atoms with Crippen molar-refractivity contribution in [3.8, 4) is 0 Å². The van der Waals surface area contributed by atoms with Gasteiger partial charge in [-0.05, 0) is 30.3 Å². The van der Waals surface area contributed by atoms with Gasteiger partial charge in [0.05, 0.1) is 22.6 Å². The van der Waals surface area contributed by atoms with E-state index in [1.54, 1.807) is 18.2 Å². The van der Waals surface area contributed by atoms with Gasteiger partial charge < -0.3 is 20.9 Å². The minimum Gasteiger partial charge on any atom is -0.354 e. The summed E-state index contributed by atoms with van der Waals surface area (Å²) in [6, 6.07) is 10.1. The zero-order valence-corrected chi connectivity index (χ0v) is 15.8. The topological polar surface area (TPSA) is 116 Å². The number of H-pyrrole nitrogens is 1. The molecule has 148 valence electrons. The second-order valence-electron chi connectivity index (χ2n) is 5.79. The Morgan fingerprint density at radius 3 is 2.48 bits per heavy atom. The third-order valence-electron chi connectivity index (χ3n) is 3.90. The predicted octanol–water partition coefficient (Wildman–Crippen LogP) is 3.07. The van der Waals surface area contributed by atoms with Crippen molar-refractivity contribution in [1.82, 2.24) is 15.3 Å². The number of aromatic nitrogens is 2. The average molecular weight is 416 g/mol. The standard InChI is InChI=1S/C19H15ClFN5O3/c1-22-18(28)15-16(24-9-23-15)19(29)25-10-6-7-14(13(21)8-10)26-17(27)11-4-2-3-5-12(11)20/h2-9H,1H3,(H,22,28)(H,23,24)(H,25,29)(H,26,27). The van der Waals surface area contributed by atoms with Gasteiger partial charge in [-0.1, -0.05) is 23.7 Å². The summed E-state index contributed by atoms with van der Waals surface area (Å²) in [6.45, 7) is 0. The maximum absolute atomic E-state index is 14.4. The van der Waals surface area contributed by atoms with E-state index in [9.17, 15) is 18.8 Å². The minimum absolute atomic E-state index is 0.0687. The van der Waals surface area contributed by atoms with Gasteiger partial charge in [-0.15, -0.1) is 0 Å². The maximum Gasteiger partial charge on any atom is 0.274 e. The SMILES string of the molecule is CNC(=O)c1nc[nH]c1C(=O)Nc1ccc(NC(=O)c2ccccc2Cl)c(F)c1. The van der Waals surface area contributed by atoms with Crippen molar-refractivity contribution in [3.63, 3.8) is 0 Å². The van der Waals surface area contributed by atoms with Gasteiger partial charge in [0, 0.05) is 12.7 Å². The van der Waals surface area contributed by atoms with Crippen molar-refractivity contribution in [2.75, 3.05) is 17.7 Å². The van der Waals surface area contributed by atoms with E-state index < -0.39 is 23.5 Å². The van der Waals surface area contributed by atoms with Crippen LogP contribution in [0, 0.1) is 5.82 Å². The third-order valence-corrected chi connectivity index (χ3v) is 4.23. The number of aromatic amines is 1. The normalized spacial score (nSPS) is 10.3. The third kappa shape index (κ3) is 4.41. The molecule has 1 heterocycles. The Hall–Kier alpha value is -3.72. The lowest BCUT2D eigenvalue weighted by molar-refractivity contribution is 0.0943. The Morgan fingerprint density at radius 1 is 1.03 bits per heavy atom. The molecule has 3 amide bonds. The molecule has 3 aromatic rings. The van der Waals surface area contributed by atoms with Crippen LogP contribution < -0.4 is 16.0 Å². The summed E-state index contributed by atoms with van der Waals surface area (Å²) in [5.41, 5.74) is 0.0862. The fourth-order valence-corrected chi connectivity index (χ4v) is 2.70. The van der Waals surface area contributed by atoms with Crippen LogP contribution in [0.3, 0.4) is 0 Å². The number of amides is 3. The second-order valence-corrected chi connectivity index (χ2v) is 6.20. The van der Waals surface area contributed by atoms with Gasteiger partial charge in [-0.25, -0.2) is 9.37 Å². The molecule has 0 spiro atoms. The van der Waals surface area contributed by atoms with Crippen LogP contribution in [0.4, 0.5) is 15.8 Å². The highest BCUT2D eigenvalue weighted by Crippen LogP contribution is 2.22. The highest BCUT2D eigenvalue weighted by molar-refractivity contribution is 6.34. The molecule has 8 nitrogen and oxygen atoms in total. The first kappa shape index (κ1) is 20.0. The van der Waals surface area contributed by atoms with Crippen LogP contribution in [0.15, 0.2) is 48.8 Å². The number of halogens is 2. The van der Waals surface area contributed by atoms with Crippen LogP contribution in [-0.2, 0) is 0 Å². The second kappa shape index (κ2) is 8.53. The summed E-state index contributed by atoms with van der Waals surface area (Å²) in [5, 5.41) is 7.49. The van der Waals surface area contributed by atoms with E-state index in [-0.39, 0.29) is 33.3 Å². The van der Waals surface area contributed by atoms with E-state index in [1.807, 2.05) is 0 Å². The fraction of sp³-hybridized carbons (Fsp3) is 0.0526. The Bertz CT molecular complexity index is 1100. The Morgan fingerprint density at radius 2 is 1.79 bits per heavy atom. The number of hydrogen-bond acceptors (Lipinski definition) is 4. The molecule has 4 N–H and O–H groups in total. The van der Waals surface area contributed by atoms with E-state index in [0.29, 0.717) is 0 Å². The summed E-state index contributed by atoms with van der Waals surface area (Å²) in [4.78, 5) is 42.7. The molecular weight excluding hydrogens is 401 g/mol. The number of carbonyl (C=O) groups excluding carboxylic acids is 3. The van der Waals surface area contributed by atoms with Gasteiger partial charge >= 0.3 is 0 Å². The molecule has 0 aliphatic carbocycles. The van der Waals surface area contributed by atoms with Crippen LogP contribution >= 0.6 is 11.6 Å². The van der Waals surface area contributed by atoms with Crippen molar-refractivity contribution in [3.05, 3.63) is 76.6 Å². The Balaban J connectivity index is 1.74. The van der Waals surface area contributed by atoms with E-state index in [2.05, 4.69) is 25.9 Å². The lowest BCUT2D eigenvalue weighted by atomic mass is 10.2. The number of nitrogens with zero attached hydrogens (tertiary/aromatic N) is 1. The number of carbonyl (C=O) groups is 3. The molecule has 1 aromatic heterocycles. The molecule has 0 fully saturated rings. The van der Waals surface area contributed by atoms with Gasteiger partial charge in [0.15, 0.2) is 5.69 Å². The van der Waals surface area contributed by atoms with Crippen LogP contribution in [0.2, 0.25) is 5.02 Å². The summed E-state index contributed by atoms with van der Waals surface area (Å²) in [7, 11) is 1.41. The van der Waals surface area contributed by atoms with Crippen LogP contribution in [-0.4, -0.2) is 34.7 Å². The molecule has 0 radical (unpaired) electrons. The van der Waals surface area contributed by atoms with Crippen LogP contribution in [0.25, 0.3) is 0 Å². The molecule has 0 bridgehead atoms. The molecule has 3 rings (SSSR count).